The maximum absolute atomic E-state index is 11.9. The van der Waals surface area contributed by atoms with E-state index in [2.05, 4.69) is 11.9 Å². The number of nitrogens with one attached hydrogen (secondary N) is 1. The van der Waals surface area contributed by atoms with Crippen LogP contribution in [0.25, 0.3) is 0 Å². The monoisotopic (exact) mass is 265 g/mol. The summed E-state index contributed by atoms with van der Waals surface area (Å²) in [6, 6.07) is 6.58. The SMILES string of the molecule is C=CCOc1ccc(C(=O)NC(C)(CO)CO)cc1. The number of amides is 1. The van der Waals surface area contributed by atoms with Gasteiger partial charge in [-0.2, -0.15) is 0 Å². The van der Waals surface area contributed by atoms with Crippen LogP contribution in [0.15, 0.2) is 36.9 Å². The summed E-state index contributed by atoms with van der Waals surface area (Å²) in [4.78, 5) is 11.9. The average Bonchev–Trinajstić information content (AvgIpc) is 2.45. The van der Waals surface area contributed by atoms with E-state index in [4.69, 9.17) is 14.9 Å². The van der Waals surface area contributed by atoms with Crippen molar-refractivity contribution in [2.45, 2.75) is 12.5 Å². The van der Waals surface area contributed by atoms with E-state index < -0.39 is 5.54 Å². The van der Waals surface area contributed by atoms with Gasteiger partial charge in [-0.3, -0.25) is 4.79 Å². The van der Waals surface area contributed by atoms with E-state index in [1.54, 1.807) is 37.3 Å². The van der Waals surface area contributed by atoms with Crippen molar-refractivity contribution in [3.05, 3.63) is 42.5 Å². The lowest BCUT2D eigenvalue weighted by atomic mass is 10.0. The summed E-state index contributed by atoms with van der Waals surface area (Å²) in [5.74, 6) is 0.282. The molecule has 0 unspecified atom stereocenters. The number of benzene rings is 1. The molecule has 1 aromatic rings. The first kappa shape index (κ1) is 15.2. The van der Waals surface area contributed by atoms with Crippen molar-refractivity contribution < 1.29 is 19.7 Å². The van der Waals surface area contributed by atoms with Gasteiger partial charge in [-0.15, -0.1) is 0 Å². The second kappa shape index (κ2) is 6.92. The van der Waals surface area contributed by atoms with Crippen molar-refractivity contribution in [1.82, 2.24) is 5.32 Å². The molecule has 0 atom stereocenters. The van der Waals surface area contributed by atoms with Gasteiger partial charge < -0.3 is 20.3 Å². The number of hydrogen-bond donors (Lipinski definition) is 3. The third-order valence-corrected chi connectivity index (χ3v) is 2.60. The molecule has 0 fully saturated rings. The van der Waals surface area contributed by atoms with Crippen molar-refractivity contribution in [3.63, 3.8) is 0 Å². The fourth-order valence-electron chi connectivity index (χ4n) is 1.33. The van der Waals surface area contributed by atoms with Crippen LogP contribution in [-0.4, -0.2) is 41.5 Å². The molecule has 0 aliphatic carbocycles. The standard InChI is InChI=1S/C14H19NO4/c1-3-8-19-12-6-4-11(5-7-12)13(18)15-14(2,9-16)10-17/h3-7,16-17H,1,8-10H2,2H3,(H,15,18). The minimum atomic E-state index is -1.03. The molecule has 19 heavy (non-hydrogen) atoms. The van der Waals surface area contributed by atoms with Crippen molar-refractivity contribution in [3.8, 4) is 5.75 Å². The molecule has 0 saturated heterocycles. The number of aliphatic hydroxyl groups is 2. The molecular weight excluding hydrogens is 246 g/mol. The molecule has 1 rings (SSSR count). The maximum atomic E-state index is 11.9. The third-order valence-electron chi connectivity index (χ3n) is 2.60. The van der Waals surface area contributed by atoms with E-state index in [1.807, 2.05) is 0 Å². The normalized spacial score (nSPS) is 10.9. The van der Waals surface area contributed by atoms with Crippen LogP contribution in [0.5, 0.6) is 5.75 Å². The predicted octanol–water partition coefficient (Wildman–Crippen LogP) is 0.724. The topological polar surface area (TPSA) is 78.8 Å². The molecule has 0 heterocycles. The highest BCUT2D eigenvalue weighted by Gasteiger charge is 2.24. The number of ether oxygens (including phenoxy) is 1. The minimum absolute atomic E-state index is 0.338. The molecule has 3 N–H and O–H groups in total. The second-order valence-electron chi connectivity index (χ2n) is 4.46. The molecule has 0 aliphatic rings. The van der Waals surface area contributed by atoms with Crippen LogP contribution in [0.3, 0.4) is 0 Å². The van der Waals surface area contributed by atoms with E-state index in [0.717, 1.165) is 0 Å². The van der Waals surface area contributed by atoms with Gasteiger partial charge in [-0.05, 0) is 31.2 Å². The van der Waals surface area contributed by atoms with Gasteiger partial charge in [0, 0.05) is 5.56 Å². The Hall–Kier alpha value is -1.85. The van der Waals surface area contributed by atoms with E-state index in [1.165, 1.54) is 0 Å². The van der Waals surface area contributed by atoms with E-state index in [9.17, 15) is 4.79 Å². The lowest BCUT2D eigenvalue weighted by Gasteiger charge is -2.26. The third kappa shape index (κ3) is 4.39. The highest BCUT2D eigenvalue weighted by atomic mass is 16.5. The molecule has 1 aromatic carbocycles. The number of aliphatic hydroxyl groups excluding tert-OH is 2. The van der Waals surface area contributed by atoms with Crippen LogP contribution < -0.4 is 10.1 Å². The highest BCUT2D eigenvalue weighted by Crippen LogP contribution is 2.13. The van der Waals surface area contributed by atoms with Gasteiger partial charge in [-0.25, -0.2) is 0 Å². The molecule has 1 amide bonds. The number of rotatable bonds is 7. The van der Waals surface area contributed by atoms with Crippen LogP contribution in [-0.2, 0) is 0 Å². The highest BCUT2D eigenvalue weighted by molar-refractivity contribution is 5.94. The molecular formula is C14H19NO4. The van der Waals surface area contributed by atoms with Crippen molar-refractivity contribution >= 4 is 5.91 Å². The van der Waals surface area contributed by atoms with Crippen LogP contribution in [0.2, 0.25) is 0 Å². The first-order valence-corrected chi connectivity index (χ1v) is 5.92. The lowest BCUT2D eigenvalue weighted by molar-refractivity contribution is 0.0724. The summed E-state index contributed by atoms with van der Waals surface area (Å²) >= 11 is 0. The van der Waals surface area contributed by atoms with E-state index in [-0.39, 0.29) is 19.1 Å². The van der Waals surface area contributed by atoms with Gasteiger partial charge in [0.15, 0.2) is 0 Å². The molecule has 0 saturated carbocycles. The Morgan fingerprint density at radius 1 is 1.37 bits per heavy atom. The smallest absolute Gasteiger partial charge is 0.251 e. The number of carbonyl (C=O) groups is 1. The Kier molecular flexibility index (Phi) is 5.54. The molecule has 0 aliphatic heterocycles. The zero-order valence-electron chi connectivity index (χ0n) is 10.9. The quantitative estimate of drug-likeness (QED) is 0.635. The minimum Gasteiger partial charge on any atom is -0.490 e. The molecule has 0 radical (unpaired) electrons. The summed E-state index contributed by atoms with van der Waals surface area (Å²) in [6.07, 6.45) is 1.63. The fourth-order valence-corrected chi connectivity index (χ4v) is 1.33. The number of hydrogen-bond acceptors (Lipinski definition) is 4. The molecule has 0 spiro atoms. The Balaban J connectivity index is 2.70. The number of carbonyl (C=O) groups excluding carboxylic acids is 1. The summed E-state index contributed by atoms with van der Waals surface area (Å²) in [5.41, 5.74) is -0.603. The largest absolute Gasteiger partial charge is 0.490 e. The summed E-state index contributed by atoms with van der Waals surface area (Å²) in [5, 5.41) is 20.8. The fraction of sp³-hybridized carbons (Fsp3) is 0.357. The van der Waals surface area contributed by atoms with Gasteiger partial charge in [0.2, 0.25) is 0 Å². The van der Waals surface area contributed by atoms with E-state index >= 15 is 0 Å². The Morgan fingerprint density at radius 2 is 1.95 bits per heavy atom. The van der Waals surface area contributed by atoms with Crippen LogP contribution in [0.1, 0.15) is 17.3 Å². The van der Waals surface area contributed by atoms with Crippen molar-refractivity contribution in [2.24, 2.45) is 0 Å². The molecule has 5 heteroatoms. The van der Waals surface area contributed by atoms with Crippen molar-refractivity contribution in [2.75, 3.05) is 19.8 Å². The zero-order valence-corrected chi connectivity index (χ0v) is 10.9. The molecule has 5 nitrogen and oxygen atoms in total. The molecule has 0 bridgehead atoms. The van der Waals surface area contributed by atoms with Crippen LogP contribution in [0, 0.1) is 0 Å². The van der Waals surface area contributed by atoms with Crippen LogP contribution in [0.4, 0.5) is 0 Å². The summed E-state index contributed by atoms with van der Waals surface area (Å²) in [6.45, 7) is 4.83. The Morgan fingerprint density at radius 3 is 2.42 bits per heavy atom. The van der Waals surface area contributed by atoms with Gasteiger partial charge in [0.05, 0.1) is 18.8 Å². The van der Waals surface area contributed by atoms with E-state index in [0.29, 0.717) is 17.9 Å². The van der Waals surface area contributed by atoms with Gasteiger partial charge in [-0.1, -0.05) is 12.7 Å². The van der Waals surface area contributed by atoms with Gasteiger partial charge >= 0.3 is 0 Å². The zero-order chi connectivity index (χ0) is 14.3. The predicted molar refractivity (Wildman–Crippen MR) is 72.2 cm³/mol. The Labute approximate surface area is 112 Å². The second-order valence-corrected chi connectivity index (χ2v) is 4.46. The first-order valence-electron chi connectivity index (χ1n) is 5.92. The lowest BCUT2D eigenvalue weighted by Crippen LogP contribution is -2.51. The average molecular weight is 265 g/mol. The Bertz CT molecular complexity index is 424. The van der Waals surface area contributed by atoms with Crippen LogP contribution >= 0.6 is 0 Å². The first-order chi connectivity index (χ1) is 9.04. The summed E-state index contributed by atoms with van der Waals surface area (Å²) < 4.78 is 5.30. The summed E-state index contributed by atoms with van der Waals surface area (Å²) in [7, 11) is 0. The molecule has 0 aromatic heterocycles. The molecule has 104 valence electrons. The van der Waals surface area contributed by atoms with Crippen molar-refractivity contribution in [1.29, 1.82) is 0 Å². The van der Waals surface area contributed by atoms with Gasteiger partial charge in [0.25, 0.3) is 5.91 Å². The maximum Gasteiger partial charge on any atom is 0.251 e. The van der Waals surface area contributed by atoms with Gasteiger partial charge in [0.1, 0.15) is 12.4 Å².